The Morgan fingerprint density at radius 3 is 2.93 bits per heavy atom. The SMILES string of the molecule is O=C(O)c1sc2cncc(Cl)c2c1CBr. The molecule has 3 nitrogen and oxygen atoms in total. The Morgan fingerprint density at radius 1 is 1.60 bits per heavy atom. The molecule has 0 amide bonds. The van der Waals surface area contributed by atoms with Gasteiger partial charge in [-0.2, -0.15) is 0 Å². The van der Waals surface area contributed by atoms with E-state index in [1.54, 1.807) is 6.20 Å². The molecule has 2 heterocycles. The molecule has 15 heavy (non-hydrogen) atoms. The van der Waals surface area contributed by atoms with E-state index in [2.05, 4.69) is 20.9 Å². The van der Waals surface area contributed by atoms with Crippen LogP contribution in [-0.2, 0) is 5.33 Å². The minimum absolute atomic E-state index is 0.316. The average molecular weight is 307 g/mol. The number of carbonyl (C=O) groups is 1. The van der Waals surface area contributed by atoms with E-state index in [1.165, 1.54) is 17.5 Å². The van der Waals surface area contributed by atoms with Gasteiger partial charge in [-0.15, -0.1) is 11.3 Å². The van der Waals surface area contributed by atoms with Crippen LogP contribution in [0.3, 0.4) is 0 Å². The van der Waals surface area contributed by atoms with Gasteiger partial charge in [-0.1, -0.05) is 27.5 Å². The van der Waals surface area contributed by atoms with Gasteiger partial charge in [0.05, 0.1) is 9.72 Å². The van der Waals surface area contributed by atoms with Crippen LogP contribution in [0.1, 0.15) is 15.2 Å². The fourth-order valence-corrected chi connectivity index (χ4v) is 3.50. The van der Waals surface area contributed by atoms with Crippen molar-refractivity contribution in [2.24, 2.45) is 0 Å². The molecule has 0 bridgehead atoms. The van der Waals surface area contributed by atoms with Crippen molar-refractivity contribution in [3.63, 3.8) is 0 Å². The summed E-state index contributed by atoms with van der Waals surface area (Å²) < 4.78 is 0.800. The Labute approximate surface area is 103 Å². The zero-order valence-electron chi connectivity index (χ0n) is 7.33. The first-order chi connectivity index (χ1) is 7.15. The Kier molecular flexibility index (Phi) is 2.95. The number of nitrogens with zero attached hydrogens (tertiary/aromatic N) is 1. The van der Waals surface area contributed by atoms with E-state index < -0.39 is 5.97 Å². The maximum Gasteiger partial charge on any atom is 0.346 e. The van der Waals surface area contributed by atoms with Crippen molar-refractivity contribution in [2.45, 2.75) is 5.33 Å². The molecule has 0 aliphatic heterocycles. The van der Waals surface area contributed by atoms with Gasteiger partial charge in [0.15, 0.2) is 0 Å². The van der Waals surface area contributed by atoms with Crippen LogP contribution in [-0.4, -0.2) is 16.1 Å². The third-order valence-electron chi connectivity index (χ3n) is 1.98. The van der Waals surface area contributed by atoms with Crippen molar-refractivity contribution < 1.29 is 9.90 Å². The molecular formula is C9H5BrClNO2S. The minimum atomic E-state index is -0.929. The second-order valence-electron chi connectivity index (χ2n) is 2.84. The number of alkyl halides is 1. The summed E-state index contributed by atoms with van der Waals surface area (Å²) in [6, 6.07) is 0. The highest BCUT2D eigenvalue weighted by atomic mass is 79.9. The summed E-state index contributed by atoms with van der Waals surface area (Å²) in [5.41, 5.74) is 0.718. The quantitative estimate of drug-likeness (QED) is 0.863. The summed E-state index contributed by atoms with van der Waals surface area (Å²) in [4.78, 5) is 15.2. The number of halogens is 2. The second-order valence-corrected chi connectivity index (χ2v) is 4.86. The predicted molar refractivity (Wildman–Crippen MR) is 64.2 cm³/mol. The lowest BCUT2D eigenvalue weighted by molar-refractivity contribution is 0.0701. The van der Waals surface area contributed by atoms with E-state index in [9.17, 15) is 4.79 Å². The standard InChI is InChI=1S/C9H5BrClNO2S/c10-1-4-7-5(11)2-12-3-6(7)15-8(4)9(13)14/h2-3H,1H2,(H,13,14). The Bertz CT molecular complexity index is 540. The van der Waals surface area contributed by atoms with E-state index in [-0.39, 0.29) is 0 Å². The second kappa shape index (κ2) is 4.08. The summed E-state index contributed by atoms with van der Waals surface area (Å²) in [6.07, 6.45) is 3.15. The smallest absolute Gasteiger partial charge is 0.346 e. The number of fused-ring (bicyclic) bond motifs is 1. The number of carboxylic acid groups (broad SMARTS) is 1. The van der Waals surface area contributed by atoms with Crippen LogP contribution in [0.15, 0.2) is 12.4 Å². The van der Waals surface area contributed by atoms with Gasteiger partial charge in [0.1, 0.15) is 4.88 Å². The van der Waals surface area contributed by atoms with E-state index in [0.29, 0.717) is 15.2 Å². The maximum absolute atomic E-state index is 11.0. The van der Waals surface area contributed by atoms with Crippen LogP contribution in [0.5, 0.6) is 0 Å². The lowest BCUT2D eigenvalue weighted by Crippen LogP contribution is -1.95. The topological polar surface area (TPSA) is 50.2 Å². The van der Waals surface area contributed by atoms with E-state index in [4.69, 9.17) is 16.7 Å². The molecule has 2 aromatic heterocycles. The summed E-state index contributed by atoms with van der Waals surface area (Å²) in [5, 5.41) is 10.8. The van der Waals surface area contributed by atoms with Crippen molar-refractivity contribution in [2.75, 3.05) is 0 Å². The Morgan fingerprint density at radius 2 is 2.33 bits per heavy atom. The van der Waals surface area contributed by atoms with Gasteiger partial charge in [0.2, 0.25) is 0 Å². The number of hydrogen-bond acceptors (Lipinski definition) is 3. The molecule has 0 fully saturated rings. The molecule has 0 atom stereocenters. The predicted octanol–water partition coefficient (Wildman–Crippen LogP) is 3.54. The van der Waals surface area contributed by atoms with Crippen molar-refractivity contribution in [1.82, 2.24) is 4.98 Å². The van der Waals surface area contributed by atoms with Gasteiger partial charge in [-0.3, -0.25) is 4.98 Å². The highest BCUT2D eigenvalue weighted by Gasteiger charge is 2.18. The highest BCUT2D eigenvalue weighted by molar-refractivity contribution is 9.08. The fraction of sp³-hybridized carbons (Fsp3) is 0.111. The minimum Gasteiger partial charge on any atom is -0.477 e. The third-order valence-corrected chi connectivity index (χ3v) is 3.98. The van der Waals surface area contributed by atoms with Crippen LogP contribution >= 0.6 is 38.9 Å². The van der Waals surface area contributed by atoms with E-state index >= 15 is 0 Å². The van der Waals surface area contributed by atoms with Crippen LogP contribution in [0.4, 0.5) is 0 Å². The zero-order valence-corrected chi connectivity index (χ0v) is 10.5. The molecule has 6 heteroatoms. The summed E-state index contributed by atoms with van der Waals surface area (Å²) in [7, 11) is 0. The normalized spacial score (nSPS) is 10.8. The maximum atomic E-state index is 11.0. The van der Waals surface area contributed by atoms with Crippen LogP contribution < -0.4 is 0 Å². The van der Waals surface area contributed by atoms with E-state index in [0.717, 1.165) is 15.6 Å². The molecule has 0 saturated heterocycles. The van der Waals surface area contributed by atoms with Crippen molar-refractivity contribution in [1.29, 1.82) is 0 Å². The third kappa shape index (κ3) is 1.75. The molecule has 78 valence electrons. The lowest BCUT2D eigenvalue weighted by atomic mass is 10.2. The zero-order chi connectivity index (χ0) is 11.0. The fourth-order valence-electron chi connectivity index (χ4n) is 1.37. The van der Waals surface area contributed by atoms with Gasteiger partial charge in [-0.05, 0) is 5.56 Å². The number of rotatable bonds is 2. The summed E-state index contributed by atoms with van der Waals surface area (Å²) in [6.45, 7) is 0. The Balaban J connectivity index is 2.86. The van der Waals surface area contributed by atoms with Gasteiger partial charge in [0.25, 0.3) is 0 Å². The number of aromatic nitrogens is 1. The summed E-state index contributed by atoms with van der Waals surface area (Å²) >= 11 is 10.5. The first kappa shape index (κ1) is 10.9. The molecular weight excluding hydrogens is 302 g/mol. The van der Waals surface area contributed by atoms with E-state index in [1.807, 2.05) is 0 Å². The highest BCUT2D eigenvalue weighted by Crippen LogP contribution is 2.36. The first-order valence-electron chi connectivity index (χ1n) is 3.99. The van der Waals surface area contributed by atoms with Crippen LogP contribution in [0, 0.1) is 0 Å². The molecule has 2 aromatic rings. The molecule has 0 aliphatic carbocycles. The largest absolute Gasteiger partial charge is 0.477 e. The number of hydrogen-bond donors (Lipinski definition) is 1. The average Bonchev–Trinajstić information content (AvgIpc) is 2.57. The van der Waals surface area contributed by atoms with Crippen LogP contribution in [0.2, 0.25) is 5.02 Å². The summed E-state index contributed by atoms with van der Waals surface area (Å²) in [5.74, 6) is -0.929. The van der Waals surface area contributed by atoms with Crippen molar-refractivity contribution in [3.05, 3.63) is 27.9 Å². The van der Waals surface area contributed by atoms with Crippen LogP contribution in [0.25, 0.3) is 10.1 Å². The molecule has 0 saturated carbocycles. The molecule has 0 aromatic carbocycles. The number of carboxylic acids is 1. The van der Waals surface area contributed by atoms with Gasteiger partial charge >= 0.3 is 5.97 Å². The molecule has 1 N–H and O–H groups in total. The van der Waals surface area contributed by atoms with Gasteiger partial charge < -0.3 is 5.11 Å². The first-order valence-corrected chi connectivity index (χ1v) is 6.31. The monoisotopic (exact) mass is 305 g/mol. The molecule has 0 unspecified atom stereocenters. The van der Waals surface area contributed by atoms with Gasteiger partial charge in [-0.25, -0.2) is 4.79 Å². The van der Waals surface area contributed by atoms with Crippen molar-refractivity contribution in [3.8, 4) is 0 Å². The van der Waals surface area contributed by atoms with Crippen molar-refractivity contribution >= 4 is 54.9 Å². The molecule has 0 spiro atoms. The number of aromatic carboxylic acids is 1. The molecule has 0 radical (unpaired) electrons. The number of pyridine rings is 1. The Hall–Kier alpha value is -0.650. The number of thiophene rings is 1. The van der Waals surface area contributed by atoms with Gasteiger partial charge in [0, 0.05) is 23.1 Å². The molecule has 2 rings (SSSR count). The lowest BCUT2D eigenvalue weighted by Gasteiger charge is -1.97. The molecule has 0 aliphatic rings.